The molecule has 3 aromatic rings. The molecule has 2 N–H and O–H groups in total. The van der Waals surface area contributed by atoms with Gasteiger partial charge in [-0.25, -0.2) is 9.78 Å². The van der Waals surface area contributed by atoms with Crippen LogP contribution in [-0.2, 0) is 12.7 Å². The Morgan fingerprint density at radius 1 is 0.905 bits per heavy atom. The molecular formula is C31H33F3N4O4. The van der Waals surface area contributed by atoms with Crippen molar-refractivity contribution in [1.82, 2.24) is 15.2 Å². The molecule has 1 aromatic heterocycles. The number of amides is 1. The first-order valence-electron chi connectivity index (χ1n) is 14.0. The third-order valence-corrected chi connectivity index (χ3v) is 7.80. The van der Waals surface area contributed by atoms with Crippen LogP contribution in [0.15, 0.2) is 66.9 Å². The summed E-state index contributed by atoms with van der Waals surface area (Å²) in [5.41, 5.74) is 1.75. The van der Waals surface area contributed by atoms with Gasteiger partial charge in [0.05, 0.1) is 17.3 Å². The van der Waals surface area contributed by atoms with Crippen molar-refractivity contribution < 1.29 is 32.6 Å². The van der Waals surface area contributed by atoms with E-state index in [4.69, 9.17) is 9.84 Å². The van der Waals surface area contributed by atoms with E-state index in [0.29, 0.717) is 24.5 Å². The molecule has 222 valence electrons. The van der Waals surface area contributed by atoms with Gasteiger partial charge in [0.1, 0.15) is 17.5 Å². The van der Waals surface area contributed by atoms with Gasteiger partial charge in [-0.05, 0) is 66.9 Å². The Hall–Kier alpha value is -4.12. The third kappa shape index (κ3) is 7.58. The van der Waals surface area contributed by atoms with E-state index in [1.807, 2.05) is 12.1 Å². The number of halogens is 3. The van der Waals surface area contributed by atoms with Crippen LogP contribution in [0.3, 0.4) is 0 Å². The number of aromatic nitrogens is 1. The number of carboxylic acid groups (broad SMARTS) is 1. The van der Waals surface area contributed by atoms with Crippen molar-refractivity contribution in [1.29, 1.82) is 0 Å². The van der Waals surface area contributed by atoms with Crippen LogP contribution in [0.2, 0.25) is 0 Å². The number of ether oxygens (including phenoxy) is 1. The lowest BCUT2D eigenvalue weighted by Crippen LogP contribution is -2.44. The van der Waals surface area contributed by atoms with E-state index in [9.17, 15) is 22.8 Å². The Kier molecular flexibility index (Phi) is 8.96. The summed E-state index contributed by atoms with van der Waals surface area (Å²) < 4.78 is 44.5. The average molecular weight is 583 g/mol. The van der Waals surface area contributed by atoms with Gasteiger partial charge in [0.25, 0.3) is 5.91 Å². The van der Waals surface area contributed by atoms with Gasteiger partial charge in [-0.15, -0.1) is 0 Å². The zero-order valence-corrected chi connectivity index (χ0v) is 23.0. The summed E-state index contributed by atoms with van der Waals surface area (Å²) in [5, 5.41) is 12.1. The number of pyridine rings is 1. The lowest BCUT2D eigenvalue weighted by Gasteiger charge is -2.33. The fraction of sp³-hybridized carbons (Fsp3) is 0.387. The van der Waals surface area contributed by atoms with E-state index in [-0.39, 0.29) is 23.6 Å². The second kappa shape index (κ2) is 12.8. The molecule has 5 rings (SSSR count). The number of likely N-dealkylation sites (tertiary alicyclic amines) is 1. The van der Waals surface area contributed by atoms with E-state index in [2.05, 4.69) is 20.1 Å². The summed E-state index contributed by atoms with van der Waals surface area (Å²) in [6.07, 6.45) is 0.221. The number of benzene rings is 2. The molecule has 0 spiro atoms. The zero-order chi connectivity index (χ0) is 29.7. The van der Waals surface area contributed by atoms with Crippen molar-refractivity contribution in [3.8, 4) is 5.75 Å². The maximum Gasteiger partial charge on any atom is 0.416 e. The Morgan fingerprint density at radius 2 is 1.57 bits per heavy atom. The van der Waals surface area contributed by atoms with Crippen LogP contribution in [0.25, 0.3) is 0 Å². The summed E-state index contributed by atoms with van der Waals surface area (Å²) in [7, 11) is 0. The van der Waals surface area contributed by atoms with Gasteiger partial charge in [-0.2, -0.15) is 13.2 Å². The fourth-order valence-electron chi connectivity index (χ4n) is 5.38. The Bertz CT molecular complexity index is 1350. The van der Waals surface area contributed by atoms with Crippen LogP contribution < -0.4 is 15.0 Å². The van der Waals surface area contributed by atoms with Crippen LogP contribution in [0.1, 0.15) is 57.7 Å². The summed E-state index contributed by atoms with van der Waals surface area (Å²) in [5.74, 6) is -0.592. The first-order chi connectivity index (χ1) is 20.1. The maximum absolute atomic E-state index is 12.8. The summed E-state index contributed by atoms with van der Waals surface area (Å²) >= 11 is 0. The van der Waals surface area contributed by atoms with Gasteiger partial charge in [-0.1, -0.05) is 12.1 Å². The highest BCUT2D eigenvalue weighted by molar-refractivity contribution is 5.92. The van der Waals surface area contributed by atoms with Crippen molar-refractivity contribution in [2.75, 3.05) is 31.1 Å². The number of carboxylic acids is 1. The van der Waals surface area contributed by atoms with E-state index in [1.54, 1.807) is 30.5 Å². The van der Waals surface area contributed by atoms with Gasteiger partial charge in [-0.3, -0.25) is 9.69 Å². The predicted molar refractivity (Wildman–Crippen MR) is 151 cm³/mol. The molecule has 0 aliphatic carbocycles. The number of nitrogens with zero attached hydrogens (tertiary/aromatic N) is 3. The zero-order valence-electron chi connectivity index (χ0n) is 23.0. The molecule has 2 aliphatic heterocycles. The lowest BCUT2D eigenvalue weighted by molar-refractivity contribution is -0.137. The van der Waals surface area contributed by atoms with Gasteiger partial charge in [0, 0.05) is 57.3 Å². The van der Waals surface area contributed by atoms with Crippen molar-refractivity contribution in [3.05, 3.63) is 89.2 Å². The number of nitrogens with one attached hydrogen (secondary N) is 1. The minimum atomic E-state index is -4.34. The van der Waals surface area contributed by atoms with Crippen molar-refractivity contribution in [2.45, 2.75) is 50.6 Å². The number of piperidine rings is 2. The number of anilines is 1. The molecule has 8 nitrogen and oxygen atoms in total. The molecule has 42 heavy (non-hydrogen) atoms. The molecule has 11 heteroatoms. The summed E-state index contributed by atoms with van der Waals surface area (Å²) in [4.78, 5) is 32.4. The highest BCUT2D eigenvalue weighted by Gasteiger charge is 2.30. The minimum absolute atomic E-state index is 0.0440. The molecule has 0 atom stereocenters. The topological polar surface area (TPSA) is 95.0 Å². The number of carbonyl (C=O) groups excluding carboxylic acids is 1. The van der Waals surface area contributed by atoms with Crippen LogP contribution in [-0.4, -0.2) is 65.2 Å². The standard InChI is InChI=1S/C31H33F3N4O4/c32-31(33,34)23-5-7-25(8-6-23)38-17-13-26(14-18-38)42-27-9-10-28(35-19-27)29(39)36-24-11-15-37(16-12-24)20-21-1-3-22(4-2-21)30(40)41/h1-10,19,24,26H,11-18,20H2,(H,36,39)(H,40,41). The molecular weight excluding hydrogens is 549 g/mol. The van der Waals surface area contributed by atoms with E-state index >= 15 is 0 Å². The predicted octanol–water partition coefficient (Wildman–Crippen LogP) is 5.24. The normalized spacial score (nSPS) is 17.2. The minimum Gasteiger partial charge on any atom is -0.489 e. The highest BCUT2D eigenvalue weighted by atomic mass is 19.4. The van der Waals surface area contributed by atoms with Gasteiger partial charge in [0.15, 0.2) is 0 Å². The van der Waals surface area contributed by atoms with Crippen molar-refractivity contribution >= 4 is 17.6 Å². The largest absolute Gasteiger partial charge is 0.489 e. The Labute approximate surface area is 242 Å². The Balaban J connectivity index is 1.03. The second-order valence-corrected chi connectivity index (χ2v) is 10.8. The van der Waals surface area contributed by atoms with E-state index in [0.717, 1.165) is 68.7 Å². The Morgan fingerprint density at radius 3 is 2.14 bits per heavy atom. The van der Waals surface area contributed by atoms with Crippen molar-refractivity contribution in [3.63, 3.8) is 0 Å². The molecule has 0 bridgehead atoms. The monoisotopic (exact) mass is 582 g/mol. The first-order valence-corrected chi connectivity index (χ1v) is 14.0. The molecule has 2 aliphatic rings. The van der Waals surface area contributed by atoms with Crippen LogP contribution in [0, 0.1) is 0 Å². The van der Waals surface area contributed by atoms with Crippen LogP contribution >= 0.6 is 0 Å². The van der Waals surface area contributed by atoms with Crippen LogP contribution in [0.4, 0.5) is 18.9 Å². The SMILES string of the molecule is O=C(O)c1ccc(CN2CCC(NC(=O)c3ccc(OC4CCN(c5ccc(C(F)(F)F)cc5)CC4)cn3)CC2)cc1. The van der Waals surface area contributed by atoms with Crippen LogP contribution in [0.5, 0.6) is 5.75 Å². The van der Waals surface area contributed by atoms with Gasteiger partial charge >= 0.3 is 12.1 Å². The molecule has 0 saturated carbocycles. The quantitative estimate of drug-likeness (QED) is 0.375. The average Bonchev–Trinajstić information content (AvgIpc) is 2.99. The smallest absolute Gasteiger partial charge is 0.416 e. The highest BCUT2D eigenvalue weighted by Crippen LogP contribution is 2.31. The lowest BCUT2D eigenvalue weighted by atomic mass is 10.0. The molecule has 1 amide bonds. The van der Waals surface area contributed by atoms with Gasteiger partial charge < -0.3 is 20.1 Å². The number of hydrogen-bond donors (Lipinski definition) is 2. The summed E-state index contributed by atoms with van der Waals surface area (Å²) in [6, 6.07) is 15.6. The number of alkyl halides is 3. The van der Waals surface area contributed by atoms with E-state index in [1.165, 1.54) is 12.1 Å². The molecule has 2 aromatic carbocycles. The number of hydrogen-bond acceptors (Lipinski definition) is 6. The fourth-order valence-corrected chi connectivity index (χ4v) is 5.38. The number of aromatic carboxylic acids is 1. The number of rotatable bonds is 8. The van der Waals surface area contributed by atoms with Gasteiger partial charge in [0.2, 0.25) is 0 Å². The molecule has 0 radical (unpaired) electrons. The molecule has 2 saturated heterocycles. The molecule has 2 fully saturated rings. The second-order valence-electron chi connectivity index (χ2n) is 10.8. The molecule has 0 unspecified atom stereocenters. The maximum atomic E-state index is 12.8. The summed E-state index contributed by atoms with van der Waals surface area (Å²) in [6.45, 7) is 3.71. The number of carbonyl (C=O) groups is 2. The third-order valence-electron chi connectivity index (χ3n) is 7.80. The first kappa shape index (κ1) is 29.4. The van der Waals surface area contributed by atoms with E-state index < -0.39 is 17.7 Å². The molecule has 3 heterocycles. The van der Waals surface area contributed by atoms with Crippen molar-refractivity contribution in [2.24, 2.45) is 0 Å².